The zero-order chi connectivity index (χ0) is 11.5. The highest BCUT2D eigenvalue weighted by molar-refractivity contribution is 6.29. The number of hydrogen-bond donors (Lipinski definition) is 1. The van der Waals surface area contributed by atoms with E-state index in [0.717, 1.165) is 6.07 Å². The third-order valence-corrected chi connectivity index (χ3v) is 1.99. The second-order valence-corrected chi connectivity index (χ2v) is 3.30. The number of nitrogens with one attached hydrogen (secondary N) is 1. The van der Waals surface area contributed by atoms with Gasteiger partial charge in [-0.2, -0.15) is 4.39 Å². The van der Waals surface area contributed by atoms with Crippen molar-refractivity contribution in [2.24, 2.45) is 0 Å². The van der Waals surface area contributed by atoms with Gasteiger partial charge in [0, 0.05) is 0 Å². The van der Waals surface area contributed by atoms with Crippen LogP contribution >= 0.6 is 11.6 Å². The van der Waals surface area contributed by atoms with Gasteiger partial charge in [-0.05, 0) is 35.9 Å². The lowest BCUT2D eigenvalue weighted by Gasteiger charge is -2.01. The van der Waals surface area contributed by atoms with Gasteiger partial charge in [-0.15, -0.1) is 0 Å². The van der Waals surface area contributed by atoms with Crippen molar-refractivity contribution in [3.05, 3.63) is 47.4 Å². The van der Waals surface area contributed by atoms with Gasteiger partial charge in [0.2, 0.25) is 5.95 Å². The van der Waals surface area contributed by atoms with Crippen molar-refractivity contribution in [3.8, 4) is 0 Å². The van der Waals surface area contributed by atoms with E-state index in [1.54, 1.807) is 0 Å². The number of rotatable bonds is 2. The molecule has 2 rings (SSSR count). The Kier molecular flexibility index (Phi) is 2.87. The van der Waals surface area contributed by atoms with Gasteiger partial charge >= 0.3 is 0 Å². The number of aromatic nitrogens is 1. The molecule has 82 valence electrons. The minimum atomic E-state index is -0.612. The molecule has 0 aliphatic carbocycles. The van der Waals surface area contributed by atoms with E-state index in [2.05, 4.69) is 10.3 Å². The zero-order valence-electron chi connectivity index (χ0n) is 7.91. The quantitative estimate of drug-likeness (QED) is 0.821. The third-order valence-electron chi connectivity index (χ3n) is 1.78. The molecule has 2 heterocycles. The van der Waals surface area contributed by atoms with E-state index in [1.165, 1.54) is 24.4 Å². The van der Waals surface area contributed by atoms with Crippen molar-refractivity contribution in [3.63, 3.8) is 0 Å². The van der Waals surface area contributed by atoms with E-state index in [1.807, 2.05) is 0 Å². The highest BCUT2D eigenvalue weighted by Gasteiger charge is 2.10. The maximum Gasteiger partial charge on any atom is 0.291 e. The molecule has 2 aromatic rings. The summed E-state index contributed by atoms with van der Waals surface area (Å²) < 4.78 is 17.4. The highest BCUT2D eigenvalue weighted by Crippen LogP contribution is 2.15. The van der Waals surface area contributed by atoms with Crippen molar-refractivity contribution in [1.82, 2.24) is 4.98 Å². The number of carbonyl (C=O) groups excluding carboxylic acids is 1. The first-order chi connectivity index (χ1) is 7.65. The molecule has 0 atom stereocenters. The Morgan fingerprint density at radius 3 is 2.75 bits per heavy atom. The molecule has 2 aromatic heterocycles. The van der Waals surface area contributed by atoms with Gasteiger partial charge < -0.3 is 9.73 Å². The number of hydrogen-bond acceptors (Lipinski definition) is 3. The molecule has 0 radical (unpaired) electrons. The Morgan fingerprint density at radius 1 is 1.38 bits per heavy atom. The van der Waals surface area contributed by atoms with Gasteiger partial charge in [-0.1, -0.05) is 0 Å². The monoisotopic (exact) mass is 240 g/mol. The van der Waals surface area contributed by atoms with E-state index >= 15 is 0 Å². The van der Waals surface area contributed by atoms with Gasteiger partial charge in [0.25, 0.3) is 5.91 Å². The van der Waals surface area contributed by atoms with Crippen LogP contribution in [-0.2, 0) is 0 Å². The van der Waals surface area contributed by atoms with Crippen molar-refractivity contribution in [1.29, 1.82) is 0 Å². The average molecular weight is 241 g/mol. The van der Waals surface area contributed by atoms with Crippen LogP contribution in [0.3, 0.4) is 0 Å². The van der Waals surface area contributed by atoms with Crippen LogP contribution in [0.15, 0.2) is 34.9 Å². The predicted octanol–water partition coefficient (Wildman–Crippen LogP) is 2.72. The van der Waals surface area contributed by atoms with Crippen molar-refractivity contribution in [2.75, 3.05) is 5.32 Å². The Morgan fingerprint density at radius 2 is 2.19 bits per heavy atom. The van der Waals surface area contributed by atoms with E-state index in [-0.39, 0.29) is 11.0 Å². The number of pyridine rings is 1. The number of anilines is 1. The summed E-state index contributed by atoms with van der Waals surface area (Å²) in [6.07, 6.45) is 1.21. The zero-order valence-corrected chi connectivity index (χ0v) is 8.66. The first kappa shape index (κ1) is 10.6. The van der Waals surface area contributed by atoms with Gasteiger partial charge in [0.05, 0.1) is 11.9 Å². The molecule has 0 aliphatic heterocycles. The second kappa shape index (κ2) is 4.32. The molecule has 0 aromatic carbocycles. The summed E-state index contributed by atoms with van der Waals surface area (Å²) in [5.74, 6) is -1.01. The fraction of sp³-hybridized carbons (Fsp3) is 0. The topological polar surface area (TPSA) is 55.1 Å². The molecular formula is C10H6ClFN2O2. The van der Waals surface area contributed by atoms with Crippen LogP contribution in [0, 0.1) is 5.95 Å². The van der Waals surface area contributed by atoms with E-state index in [0.29, 0.717) is 5.69 Å². The molecule has 4 nitrogen and oxygen atoms in total. The molecule has 0 bridgehead atoms. The maximum atomic E-state index is 12.5. The molecular weight excluding hydrogens is 235 g/mol. The number of halogens is 2. The third kappa shape index (κ3) is 2.38. The van der Waals surface area contributed by atoms with E-state index in [4.69, 9.17) is 16.0 Å². The highest BCUT2D eigenvalue weighted by atomic mass is 35.5. The lowest BCUT2D eigenvalue weighted by atomic mass is 10.3. The Balaban J connectivity index is 2.10. The van der Waals surface area contributed by atoms with Crippen LogP contribution in [0.25, 0.3) is 0 Å². The molecule has 16 heavy (non-hydrogen) atoms. The first-order valence-corrected chi connectivity index (χ1v) is 4.71. The molecule has 0 saturated carbocycles. The van der Waals surface area contributed by atoms with Gasteiger partial charge in [0.15, 0.2) is 11.0 Å². The number of amides is 1. The second-order valence-electron chi connectivity index (χ2n) is 2.93. The predicted molar refractivity (Wildman–Crippen MR) is 55.9 cm³/mol. The molecule has 0 fully saturated rings. The first-order valence-electron chi connectivity index (χ1n) is 4.33. The normalized spacial score (nSPS) is 10.1. The summed E-state index contributed by atoms with van der Waals surface area (Å²) in [6, 6.07) is 5.43. The standard InChI is InChI=1S/C10H6ClFN2O2/c11-8-3-2-7(16-8)10(15)14-6-1-4-9(12)13-5-6/h1-5H,(H,14,15). The fourth-order valence-corrected chi connectivity index (χ4v) is 1.22. The van der Waals surface area contributed by atoms with Gasteiger partial charge in [-0.3, -0.25) is 4.79 Å². The molecule has 0 spiro atoms. The summed E-state index contributed by atoms with van der Waals surface area (Å²) in [5, 5.41) is 2.61. The van der Waals surface area contributed by atoms with E-state index in [9.17, 15) is 9.18 Å². The van der Waals surface area contributed by atoms with Gasteiger partial charge in [0.1, 0.15) is 0 Å². The lowest BCUT2D eigenvalue weighted by molar-refractivity contribution is 0.0996. The largest absolute Gasteiger partial charge is 0.440 e. The fourth-order valence-electron chi connectivity index (χ4n) is 1.08. The minimum absolute atomic E-state index is 0.0781. The Labute approximate surface area is 95.0 Å². The SMILES string of the molecule is O=C(Nc1ccc(F)nc1)c1ccc(Cl)o1. The molecule has 0 unspecified atom stereocenters. The van der Waals surface area contributed by atoms with Crippen LogP contribution in [-0.4, -0.2) is 10.9 Å². The van der Waals surface area contributed by atoms with Crippen molar-refractivity contribution >= 4 is 23.2 Å². The average Bonchev–Trinajstić information content (AvgIpc) is 2.68. The maximum absolute atomic E-state index is 12.5. The summed E-state index contributed by atoms with van der Waals surface area (Å²) in [5.41, 5.74) is 0.374. The molecule has 0 aliphatic rings. The van der Waals surface area contributed by atoms with Crippen molar-refractivity contribution < 1.29 is 13.6 Å². The van der Waals surface area contributed by atoms with Crippen LogP contribution < -0.4 is 5.32 Å². The number of furan rings is 1. The summed E-state index contributed by atoms with van der Waals surface area (Å²) >= 11 is 5.52. The molecule has 0 saturated heterocycles. The Hall–Kier alpha value is -1.88. The van der Waals surface area contributed by atoms with Crippen LogP contribution in [0.4, 0.5) is 10.1 Å². The number of nitrogens with zero attached hydrogens (tertiary/aromatic N) is 1. The summed E-state index contributed by atoms with van der Waals surface area (Å²) in [7, 11) is 0. The number of carbonyl (C=O) groups is 1. The Bertz CT molecular complexity index is 510. The van der Waals surface area contributed by atoms with Gasteiger partial charge in [-0.25, -0.2) is 4.98 Å². The van der Waals surface area contributed by atoms with Crippen LogP contribution in [0.2, 0.25) is 5.22 Å². The summed E-state index contributed by atoms with van der Waals surface area (Å²) in [6.45, 7) is 0. The molecule has 6 heteroatoms. The minimum Gasteiger partial charge on any atom is -0.440 e. The van der Waals surface area contributed by atoms with E-state index < -0.39 is 11.9 Å². The van der Waals surface area contributed by atoms with Crippen LogP contribution in [0.5, 0.6) is 0 Å². The molecule has 1 amide bonds. The summed E-state index contributed by atoms with van der Waals surface area (Å²) in [4.78, 5) is 14.9. The van der Waals surface area contributed by atoms with Crippen LogP contribution in [0.1, 0.15) is 10.6 Å². The molecule has 1 N–H and O–H groups in total. The smallest absolute Gasteiger partial charge is 0.291 e. The van der Waals surface area contributed by atoms with Crippen molar-refractivity contribution in [2.45, 2.75) is 0 Å². The lowest BCUT2D eigenvalue weighted by Crippen LogP contribution is -2.10.